The summed E-state index contributed by atoms with van der Waals surface area (Å²) < 4.78 is 1.91. The highest BCUT2D eigenvalue weighted by Crippen LogP contribution is 2.46. The molecule has 2 N–H and O–H groups in total. The molecule has 0 spiro atoms. The zero-order chi connectivity index (χ0) is 36.0. The first-order chi connectivity index (χ1) is 25.1. The summed E-state index contributed by atoms with van der Waals surface area (Å²) in [6, 6.07) is 11.7. The van der Waals surface area contributed by atoms with E-state index in [1.54, 1.807) is 12.1 Å². The summed E-state index contributed by atoms with van der Waals surface area (Å²) in [5.74, 6) is 0.274. The lowest BCUT2D eigenvalue weighted by molar-refractivity contribution is -0.121. The number of aryl methyl sites for hydroxylation is 1. The third kappa shape index (κ3) is 5.23. The van der Waals surface area contributed by atoms with Crippen molar-refractivity contribution < 1.29 is 9.90 Å². The Labute approximate surface area is 310 Å². The Balaban J connectivity index is 1.29. The molecule has 2 aromatic heterocycles. The Bertz CT molecular complexity index is 2170. The summed E-state index contributed by atoms with van der Waals surface area (Å²) in [5.41, 5.74) is 6.80. The van der Waals surface area contributed by atoms with E-state index in [2.05, 4.69) is 40.9 Å². The van der Waals surface area contributed by atoms with Gasteiger partial charge >= 0.3 is 0 Å². The smallest absolute Gasteiger partial charge is 0.281 e. The Morgan fingerprint density at radius 1 is 1.06 bits per heavy atom. The number of nitrogens with one attached hydrogen (secondary N) is 1. The van der Waals surface area contributed by atoms with E-state index in [0.717, 1.165) is 89.0 Å². The van der Waals surface area contributed by atoms with E-state index in [0.29, 0.717) is 49.4 Å². The normalized spacial score (nSPS) is 24.2. The zero-order valence-corrected chi connectivity index (χ0v) is 31.3. The Kier molecular flexibility index (Phi) is 8.28. The number of aromatic hydroxyl groups is 1. The average molecular weight is 722 g/mol. The highest BCUT2D eigenvalue weighted by Gasteiger charge is 2.52. The van der Waals surface area contributed by atoms with E-state index in [1.807, 2.05) is 46.9 Å². The molecule has 272 valence electrons. The van der Waals surface area contributed by atoms with E-state index in [-0.39, 0.29) is 41.3 Å². The number of aromatic nitrogens is 2. The third-order valence-electron chi connectivity index (χ3n) is 12.5. The number of carbonyl (C=O) groups is 1. The number of piperazine rings is 1. The van der Waals surface area contributed by atoms with Crippen LogP contribution in [0.15, 0.2) is 47.4 Å². The Morgan fingerprint density at radius 2 is 1.90 bits per heavy atom. The molecule has 3 fully saturated rings. The van der Waals surface area contributed by atoms with Gasteiger partial charge in [0.2, 0.25) is 0 Å². The van der Waals surface area contributed by atoms with E-state index in [4.69, 9.17) is 16.6 Å². The molecule has 1 amide bonds. The molecule has 10 nitrogen and oxygen atoms in total. The molecule has 7 heterocycles. The van der Waals surface area contributed by atoms with Gasteiger partial charge in [-0.1, -0.05) is 37.6 Å². The summed E-state index contributed by atoms with van der Waals surface area (Å²) in [6.07, 6.45) is 7.56. The van der Waals surface area contributed by atoms with Gasteiger partial charge in [0.25, 0.3) is 11.5 Å². The SMILES string of the molecule is Cc1ccnc(C(C)C)c1-n1c2c(c3c(c1=O)N(CCC1CCCN1C)C(=O)C1C4CCC(CN31)N4)CCN(c1cc(O)cc3cccc(Cl)c13)C2. The minimum Gasteiger partial charge on any atom is -0.508 e. The molecule has 4 unspecified atom stereocenters. The predicted molar refractivity (Wildman–Crippen MR) is 208 cm³/mol. The van der Waals surface area contributed by atoms with Crippen LogP contribution in [0.3, 0.4) is 0 Å². The van der Waals surface area contributed by atoms with Gasteiger partial charge in [0.1, 0.15) is 17.5 Å². The lowest BCUT2D eigenvalue weighted by Gasteiger charge is -2.50. The van der Waals surface area contributed by atoms with Crippen molar-refractivity contribution in [1.82, 2.24) is 19.8 Å². The van der Waals surface area contributed by atoms with Gasteiger partial charge in [0.05, 0.1) is 40.0 Å². The molecule has 4 aromatic rings. The maximum atomic E-state index is 15.7. The second-order valence-corrected chi connectivity index (χ2v) is 16.4. The fourth-order valence-electron chi connectivity index (χ4n) is 10.0. The largest absolute Gasteiger partial charge is 0.508 e. The number of amides is 1. The van der Waals surface area contributed by atoms with Crippen molar-refractivity contribution in [2.45, 2.75) is 95.9 Å². The van der Waals surface area contributed by atoms with Gasteiger partial charge in [-0.05, 0) is 94.1 Å². The number of fused-ring (bicyclic) bond motifs is 9. The molecular weight excluding hydrogens is 674 g/mol. The van der Waals surface area contributed by atoms with Crippen molar-refractivity contribution in [1.29, 1.82) is 0 Å². The standard InChI is InChI=1S/C41H48ClN7O3/c1-23(2)35-36(24(3)12-15-43-35)49-33-22-46(32-20-28(50)19-25-7-5-9-30(42)34(25)32)17-14-29(33)37-39(41(49)52)47(18-13-27-8-6-16-45(27)4)40(51)38-31-11-10-26(44-31)21-48(37)38/h5,7,9,12,15,19-20,23,26-27,31,38,44,50H,6,8,10-11,13-14,16-18,21-22H2,1-4H3. The number of nitrogens with zero attached hydrogens (tertiary/aromatic N) is 6. The molecule has 52 heavy (non-hydrogen) atoms. The molecule has 11 heteroatoms. The number of phenolic OH excluding ortho intramolecular Hbond substituents is 1. The summed E-state index contributed by atoms with van der Waals surface area (Å²) in [5, 5.41) is 17.0. The molecule has 4 atom stereocenters. The molecule has 2 bridgehead atoms. The van der Waals surface area contributed by atoms with Crippen LogP contribution in [0.1, 0.15) is 74.4 Å². The summed E-state index contributed by atoms with van der Waals surface area (Å²) in [4.78, 5) is 44.2. The van der Waals surface area contributed by atoms with Crippen LogP contribution >= 0.6 is 11.6 Å². The molecule has 0 saturated carbocycles. The number of carbonyl (C=O) groups excluding carboxylic acids is 1. The highest BCUT2D eigenvalue weighted by molar-refractivity contribution is 6.36. The van der Waals surface area contributed by atoms with Gasteiger partial charge in [-0.15, -0.1) is 0 Å². The number of pyridine rings is 2. The first kappa shape index (κ1) is 33.7. The van der Waals surface area contributed by atoms with Crippen LogP contribution in [-0.2, 0) is 17.8 Å². The Hall–Kier alpha value is -4.12. The number of hydrogen-bond donors (Lipinski definition) is 2. The number of phenols is 1. The lowest BCUT2D eigenvalue weighted by atomic mass is 9.91. The first-order valence-electron chi connectivity index (χ1n) is 19.1. The number of anilines is 3. The summed E-state index contributed by atoms with van der Waals surface area (Å²) >= 11 is 6.86. The maximum absolute atomic E-state index is 15.7. The lowest BCUT2D eigenvalue weighted by Crippen LogP contribution is -2.67. The third-order valence-corrected chi connectivity index (χ3v) is 12.8. The van der Waals surface area contributed by atoms with Gasteiger partial charge in [0, 0.05) is 61.0 Å². The molecule has 0 radical (unpaired) electrons. The molecule has 5 aliphatic heterocycles. The minimum atomic E-state index is -0.342. The van der Waals surface area contributed by atoms with Gasteiger partial charge in [-0.3, -0.25) is 19.1 Å². The second-order valence-electron chi connectivity index (χ2n) is 16.0. The summed E-state index contributed by atoms with van der Waals surface area (Å²) in [6.45, 7) is 9.65. The molecule has 2 aromatic carbocycles. The van der Waals surface area contributed by atoms with Crippen LogP contribution in [0.5, 0.6) is 5.75 Å². The van der Waals surface area contributed by atoms with Crippen LogP contribution in [0, 0.1) is 6.92 Å². The first-order valence-corrected chi connectivity index (χ1v) is 19.5. The number of likely N-dealkylation sites (tertiary alicyclic amines) is 1. The van der Waals surface area contributed by atoms with Crippen LogP contribution in [0.25, 0.3) is 16.5 Å². The summed E-state index contributed by atoms with van der Waals surface area (Å²) in [7, 11) is 2.17. The zero-order valence-electron chi connectivity index (χ0n) is 30.5. The van der Waals surface area contributed by atoms with Gasteiger partial charge in [-0.2, -0.15) is 0 Å². The molecule has 9 rings (SSSR count). The topological polar surface area (TPSA) is 97.2 Å². The van der Waals surface area contributed by atoms with Crippen molar-refractivity contribution in [3.63, 3.8) is 0 Å². The highest BCUT2D eigenvalue weighted by atomic mass is 35.5. The Morgan fingerprint density at radius 3 is 2.69 bits per heavy atom. The molecule has 5 aliphatic rings. The quantitative estimate of drug-likeness (QED) is 0.255. The molecular formula is C41H48ClN7O3. The van der Waals surface area contributed by atoms with E-state index >= 15 is 4.79 Å². The average Bonchev–Trinajstić information content (AvgIpc) is 3.71. The van der Waals surface area contributed by atoms with Crippen molar-refractivity contribution in [2.24, 2.45) is 0 Å². The van der Waals surface area contributed by atoms with Crippen molar-refractivity contribution in [3.8, 4) is 11.4 Å². The van der Waals surface area contributed by atoms with Gasteiger partial charge < -0.3 is 30.0 Å². The monoisotopic (exact) mass is 721 g/mol. The van der Waals surface area contributed by atoms with E-state index < -0.39 is 0 Å². The minimum absolute atomic E-state index is 0.0416. The van der Waals surface area contributed by atoms with Gasteiger partial charge in [0.15, 0.2) is 0 Å². The fraction of sp³-hybridized carbons (Fsp3) is 0.488. The van der Waals surface area contributed by atoms with Crippen LogP contribution in [0.4, 0.5) is 17.1 Å². The number of benzene rings is 2. The number of rotatable bonds is 6. The molecule has 0 aliphatic carbocycles. The number of halogens is 1. The van der Waals surface area contributed by atoms with Crippen LogP contribution < -0.4 is 25.6 Å². The van der Waals surface area contributed by atoms with Crippen LogP contribution in [-0.4, -0.2) is 82.9 Å². The fourth-order valence-corrected chi connectivity index (χ4v) is 10.3. The van der Waals surface area contributed by atoms with Crippen LogP contribution in [0.2, 0.25) is 5.02 Å². The predicted octanol–water partition coefficient (Wildman–Crippen LogP) is 5.88. The number of hydrogen-bond acceptors (Lipinski definition) is 8. The van der Waals surface area contributed by atoms with Crippen molar-refractivity contribution in [2.75, 3.05) is 47.9 Å². The van der Waals surface area contributed by atoms with Gasteiger partial charge in [-0.25, -0.2) is 0 Å². The van der Waals surface area contributed by atoms with E-state index in [9.17, 15) is 9.90 Å². The van der Waals surface area contributed by atoms with Crippen molar-refractivity contribution >= 4 is 45.3 Å². The second kappa shape index (κ2) is 12.8. The maximum Gasteiger partial charge on any atom is 0.281 e. The molecule has 3 saturated heterocycles. The van der Waals surface area contributed by atoms with E-state index in [1.165, 1.54) is 0 Å². The van der Waals surface area contributed by atoms with Crippen molar-refractivity contribution in [3.05, 3.63) is 80.5 Å².